The molecule has 0 aromatic heterocycles. The maximum Gasteiger partial charge on any atom is 0.306 e. The number of likely N-dealkylation sites (tertiary alicyclic amines) is 2. The Bertz CT molecular complexity index is 1480. The molecule has 1 saturated carbocycles. The summed E-state index contributed by atoms with van der Waals surface area (Å²) in [6, 6.07) is 0. The number of carbonyl (C=O) groups excluding carboxylic acids is 4. The minimum absolute atomic E-state index is 0. The van der Waals surface area contributed by atoms with Gasteiger partial charge in [-0.25, -0.2) is 0 Å². The minimum atomic E-state index is -0.0599. The molecule has 0 unspecified atom stereocenters. The van der Waals surface area contributed by atoms with Crippen molar-refractivity contribution in [2.24, 2.45) is 10.8 Å². The van der Waals surface area contributed by atoms with E-state index in [9.17, 15) is 19.2 Å². The molecule has 416 valence electrons. The van der Waals surface area contributed by atoms with Gasteiger partial charge < -0.3 is 24.3 Å². The Balaban J connectivity index is 0.000000481. The van der Waals surface area contributed by atoms with Crippen molar-refractivity contribution in [3.05, 3.63) is 0 Å². The summed E-state index contributed by atoms with van der Waals surface area (Å²) < 4.78 is 23.3. The molecule has 4 aliphatic rings. The maximum absolute atomic E-state index is 12.4. The second-order valence-corrected chi connectivity index (χ2v) is 28.1. The highest BCUT2D eigenvalue weighted by molar-refractivity contribution is 5.70. The van der Waals surface area contributed by atoms with Crippen LogP contribution in [0.15, 0.2) is 0 Å². The van der Waals surface area contributed by atoms with E-state index in [1.54, 1.807) is 0 Å². The van der Waals surface area contributed by atoms with Crippen molar-refractivity contribution in [1.29, 1.82) is 0 Å². The van der Waals surface area contributed by atoms with Crippen molar-refractivity contribution < 1.29 is 38.1 Å². The number of rotatable bonds is 22. The van der Waals surface area contributed by atoms with Gasteiger partial charge in [0.05, 0.1) is 0 Å². The van der Waals surface area contributed by atoms with E-state index in [4.69, 9.17) is 18.9 Å². The highest BCUT2D eigenvalue weighted by Crippen LogP contribution is 2.47. The number of hydrogen-bond acceptors (Lipinski definition) is 11. The summed E-state index contributed by atoms with van der Waals surface area (Å²) >= 11 is 0. The first-order valence-electron chi connectivity index (χ1n) is 28.1. The zero-order valence-corrected chi connectivity index (χ0v) is 48.6. The predicted molar refractivity (Wildman–Crippen MR) is 292 cm³/mol. The van der Waals surface area contributed by atoms with Gasteiger partial charge in [0, 0.05) is 97.4 Å². The molecule has 71 heavy (non-hydrogen) atoms. The van der Waals surface area contributed by atoms with E-state index in [2.05, 4.69) is 140 Å². The van der Waals surface area contributed by atoms with Gasteiger partial charge in [-0.2, -0.15) is 0 Å². The van der Waals surface area contributed by atoms with E-state index in [-0.39, 0.29) is 99.8 Å². The van der Waals surface area contributed by atoms with E-state index >= 15 is 0 Å². The lowest BCUT2D eigenvalue weighted by Crippen LogP contribution is -2.60. The van der Waals surface area contributed by atoms with Crippen LogP contribution in [-0.2, 0) is 38.1 Å². The molecule has 3 aliphatic heterocycles. The van der Waals surface area contributed by atoms with E-state index in [1.807, 2.05) is 0 Å². The lowest BCUT2D eigenvalue weighted by Gasteiger charge is -2.53. The average Bonchev–Trinajstić information content (AvgIpc) is 3.15. The summed E-state index contributed by atoms with van der Waals surface area (Å²) in [4.78, 5) is 54.2. The number of nitrogens with zero attached hydrogens (tertiary/aromatic N) is 2. The van der Waals surface area contributed by atoms with Crippen LogP contribution in [0.2, 0.25) is 0 Å². The number of esters is 4. The number of unbranched alkanes of at least 4 members (excludes halogenated alkanes) is 10. The first-order chi connectivity index (χ1) is 32.0. The topological polar surface area (TPSA) is 124 Å². The summed E-state index contributed by atoms with van der Waals surface area (Å²) in [7, 11) is 4.33. The highest BCUT2D eigenvalue weighted by Gasteiger charge is 2.46. The van der Waals surface area contributed by atoms with Crippen LogP contribution in [0.25, 0.3) is 0 Å². The van der Waals surface area contributed by atoms with Crippen molar-refractivity contribution >= 4 is 23.9 Å². The van der Waals surface area contributed by atoms with Gasteiger partial charge in [-0.1, -0.05) is 86.5 Å². The molecule has 4 rings (SSSR count). The van der Waals surface area contributed by atoms with Gasteiger partial charge in [-0.05, 0) is 153 Å². The summed E-state index contributed by atoms with van der Waals surface area (Å²) in [6.07, 6.45) is 22.5. The van der Waals surface area contributed by atoms with Gasteiger partial charge in [-0.15, -0.1) is 0 Å². The first-order valence-corrected chi connectivity index (χ1v) is 28.1. The third kappa shape index (κ3) is 23.5. The molecule has 0 aromatic rings. The molecule has 1 N–H and O–H groups in total. The summed E-state index contributed by atoms with van der Waals surface area (Å²) in [5.74, 6) is -0.209. The minimum Gasteiger partial charge on any atom is -0.462 e. The largest absolute Gasteiger partial charge is 0.462 e. The Morgan fingerprint density at radius 3 is 0.831 bits per heavy atom. The summed E-state index contributed by atoms with van der Waals surface area (Å²) in [6.45, 7) is 35.6. The summed E-state index contributed by atoms with van der Waals surface area (Å²) in [5.41, 5.74) is 0.558. The molecule has 0 atom stereocenters. The maximum atomic E-state index is 12.4. The lowest BCUT2D eigenvalue weighted by molar-refractivity contribution is -0.160. The number of carbonyl (C=O) groups is 4. The third-order valence-corrected chi connectivity index (χ3v) is 16.4. The quantitative estimate of drug-likeness (QED) is 0.0633. The standard InChI is InChI=1S/C30H56N2O4.C29H53NO4.CH4/c1-27(2)19-23(20-28(3,4)31(27)9)35-25(33)17-15-13-11-12-14-16-18-26(34)36-24-21-29(5,6)32(10)30(7,8)22-24;1-26(2)17-22(18-27(3,4)21-26)33-24(31)15-13-11-9-10-12-14-16-25(32)34-23-19-28(5,6)30-29(7,8)20-23;/h23-24H,11-22H2,1-10H3;22-23,30H,9-21H2,1-8H3;1H4. The van der Waals surface area contributed by atoms with Crippen LogP contribution in [-0.4, -0.2) is 105 Å². The van der Waals surface area contributed by atoms with Gasteiger partial charge in [0.15, 0.2) is 0 Å². The molecule has 0 radical (unpaired) electrons. The predicted octanol–water partition coefficient (Wildman–Crippen LogP) is 14.2. The zero-order valence-electron chi connectivity index (χ0n) is 48.6. The monoisotopic (exact) mass is 1000 g/mol. The second kappa shape index (κ2) is 27.0. The molecule has 11 nitrogen and oxygen atoms in total. The van der Waals surface area contributed by atoms with Gasteiger partial charge in [0.2, 0.25) is 0 Å². The molecule has 0 bridgehead atoms. The third-order valence-electron chi connectivity index (χ3n) is 16.4. The first kappa shape index (κ1) is 64.9. The van der Waals surface area contributed by atoms with Crippen molar-refractivity contribution in [2.45, 2.75) is 336 Å². The fourth-order valence-corrected chi connectivity index (χ4v) is 13.3. The van der Waals surface area contributed by atoms with Crippen LogP contribution in [0.1, 0.15) is 279 Å². The Morgan fingerprint density at radius 1 is 0.366 bits per heavy atom. The van der Waals surface area contributed by atoms with Crippen molar-refractivity contribution in [3.63, 3.8) is 0 Å². The Labute approximate surface area is 436 Å². The smallest absolute Gasteiger partial charge is 0.306 e. The fourth-order valence-electron chi connectivity index (χ4n) is 13.3. The van der Waals surface area contributed by atoms with Gasteiger partial charge in [-0.3, -0.25) is 29.0 Å². The molecule has 0 aromatic carbocycles. The van der Waals surface area contributed by atoms with Crippen molar-refractivity contribution in [3.8, 4) is 0 Å². The molecular formula is C60H113N3O8. The van der Waals surface area contributed by atoms with Gasteiger partial charge in [0.1, 0.15) is 24.4 Å². The van der Waals surface area contributed by atoms with Gasteiger partial charge >= 0.3 is 23.9 Å². The average molecular weight is 1000 g/mol. The van der Waals surface area contributed by atoms with Crippen molar-refractivity contribution in [2.75, 3.05) is 14.1 Å². The number of ether oxygens (including phenoxy) is 4. The van der Waals surface area contributed by atoms with Gasteiger partial charge in [0.25, 0.3) is 0 Å². The normalized spacial score (nSPS) is 23.8. The van der Waals surface area contributed by atoms with Crippen LogP contribution < -0.4 is 5.32 Å². The molecular weight excluding hydrogens is 891 g/mol. The van der Waals surface area contributed by atoms with Crippen LogP contribution >= 0.6 is 0 Å². The molecule has 4 fully saturated rings. The molecule has 3 saturated heterocycles. The molecule has 0 spiro atoms. The number of nitrogens with one attached hydrogen (secondary N) is 1. The van der Waals surface area contributed by atoms with E-state index in [0.717, 1.165) is 128 Å². The fraction of sp³-hybridized carbons (Fsp3) is 0.933. The van der Waals surface area contributed by atoms with Crippen LogP contribution in [0, 0.1) is 10.8 Å². The highest BCUT2D eigenvalue weighted by atomic mass is 16.6. The Hall–Kier alpha value is -2.24. The molecule has 0 amide bonds. The van der Waals surface area contributed by atoms with E-state index < -0.39 is 0 Å². The zero-order chi connectivity index (χ0) is 53.0. The lowest BCUT2D eigenvalue weighted by atomic mass is 9.64. The number of hydrogen-bond donors (Lipinski definition) is 1. The van der Waals surface area contributed by atoms with Crippen molar-refractivity contribution in [1.82, 2.24) is 15.1 Å². The second-order valence-electron chi connectivity index (χ2n) is 28.1. The van der Waals surface area contributed by atoms with Crippen LogP contribution in [0.3, 0.4) is 0 Å². The van der Waals surface area contributed by atoms with E-state index in [0.29, 0.717) is 25.7 Å². The van der Waals surface area contributed by atoms with Crippen LogP contribution in [0.4, 0.5) is 0 Å². The molecule has 3 heterocycles. The molecule has 1 aliphatic carbocycles. The SMILES string of the molecule is C.CC1(C)CC(OC(=O)CCCCCCCCC(=O)OC2CC(C)(C)NC(C)(C)C2)CC(C)(C)C1.CN1C(C)(C)CC(OC(=O)CCCCCCCCC(=O)OC2CC(C)(C)N(C)C(C)(C)C2)CC1(C)C. The molecule has 11 heteroatoms. The van der Waals surface area contributed by atoms with Crippen LogP contribution in [0.5, 0.6) is 0 Å². The number of piperidine rings is 3. The summed E-state index contributed by atoms with van der Waals surface area (Å²) in [5, 5.41) is 3.63. The van der Waals surface area contributed by atoms with E-state index in [1.165, 1.54) is 6.42 Å². The Kier molecular flexibility index (Phi) is 24.7. The Morgan fingerprint density at radius 2 is 0.577 bits per heavy atom.